The molecule has 0 radical (unpaired) electrons. The van der Waals surface area contributed by atoms with Gasteiger partial charge in [0.1, 0.15) is 11.5 Å². The maximum atomic E-state index is 12.9. The highest BCUT2D eigenvalue weighted by molar-refractivity contribution is 6.04. The monoisotopic (exact) mass is 560 g/mol. The predicted octanol–water partition coefficient (Wildman–Crippen LogP) is 7.18. The van der Waals surface area contributed by atoms with Crippen LogP contribution in [0.1, 0.15) is 52.7 Å². The standard InChI is InChI=1S/C36H36N2O4/c1-40-30-16-7-25-23-33(35(39)41-2)31-17-18-36(42-34(31)32(25)24-30,26-8-12-28(13-9-26)37-19-3-4-20-37)27-10-14-29(15-11-27)38-21-5-6-22-38/h7-18,23-24H,3-6,19-22H2,1-2H3. The molecule has 0 aromatic heterocycles. The number of nitrogens with zero attached hydrogens (tertiary/aromatic N) is 2. The largest absolute Gasteiger partial charge is 0.497 e. The summed E-state index contributed by atoms with van der Waals surface area (Å²) in [7, 11) is 3.07. The highest BCUT2D eigenvalue weighted by atomic mass is 16.5. The summed E-state index contributed by atoms with van der Waals surface area (Å²) in [5.41, 5.74) is 4.81. The molecule has 4 aromatic rings. The third kappa shape index (κ3) is 4.46. The van der Waals surface area contributed by atoms with E-state index in [1.807, 2.05) is 30.3 Å². The Kier molecular flexibility index (Phi) is 6.77. The smallest absolute Gasteiger partial charge is 0.338 e. The minimum absolute atomic E-state index is 0.394. The Morgan fingerprint density at radius 3 is 1.86 bits per heavy atom. The van der Waals surface area contributed by atoms with Gasteiger partial charge in [0.15, 0.2) is 5.60 Å². The van der Waals surface area contributed by atoms with Crippen LogP contribution < -0.4 is 19.3 Å². The normalized spacial score (nSPS) is 17.3. The molecule has 0 spiro atoms. The third-order valence-corrected chi connectivity index (χ3v) is 9.03. The van der Waals surface area contributed by atoms with E-state index < -0.39 is 11.6 Å². The topological polar surface area (TPSA) is 51.2 Å². The molecule has 0 N–H and O–H groups in total. The number of ether oxygens (including phenoxy) is 3. The number of hydrogen-bond acceptors (Lipinski definition) is 6. The number of rotatable bonds is 6. The molecule has 3 heterocycles. The number of benzene rings is 4. The Hall–Kier alpha value is -4.45. The van der Waals surface area contributed by atoms with Crippen molar-refractivity contribution in [3.63, 3.8) is 0 Å². The van der Waals surface area contributed by atoms with Crippen LogP contribution in [-0.4, -0.2) is 46.4 Å². The van der Waals surface area contributed by atoms with E-state index >= 15 is 0 Å². The van der Waals surface area contributed by atoms with Crippen molar-refractivity contribution in [2.24, 2.45) is 0 Å². The Balaban J connectivity index is 1.40. The van der Waals surface area contributed by atoms with E-state index in [4.69, 9.17) is 14.2 Å². The molecule has 6 heteroatoms. The van der Waals surface area contributed by atoms with E-state index in [0.717, 1.165) is 53.8 Å². The number of fused-ring (bicyclic) bond motifs is 3. The molecule has 0 unspecified atom stereocenters. The number of carbonyl (C=O) groups excluding carboxylic acids is 1. The highest BCUT2D eigenvalue weighted by Gasteiger charge is 2.39. The molecule has 7 rings (SSSR count). The zero-order valence-electron chi connectivity index (χ0n) is 24.3. The van der Waals surface area contributed by atoms with Crippen LogP contribution in [0.2, 0.25) is 0 Å². The fourth-order valence-electron chi connectivity index (χ4n) is 6.70. The quantitative estimate of drug-likeness (QED) is 0.233. The zero-order valence-corrected chi connectivity index (χ0v) is 24.3. The van der Waals surface area contributed by atoms with E-state index in [1.165, 1.54) is 44.2 Å². The molecule has 4 aromatic carbocycles. The summed E-state index contributed by atoms with van der Waals surface area (Å²) >= 11 is 0. The van der Waals surface area contributed by atoms with Crippen molar-refractivity contribution in [1.29, 1.82) is 0 Å². The summed E-state index contributed by atoms with van der Waals surface area (Å²) in [4.78, 5) is 17.8. The average Bonchev–Trinajstić information content (AvgIpc) is 3.79. The number of anilines is 2. The summed E-state index contributed by atoms with van der Waals surface area (Å²) < 4.78 is 18.0. The van der Waals surface area contributed by atoms with Crippen molar-refractivity contribution >= 4 is 34.2 Å². The second-order valence-corrected chi connectivity index (χ2v) is 11.4. The molecule has 3 aliphatic rings. The van der Waals surface area contributed by atoms with Crippen molar-refractivity contribution in [3.8, 4) is 11.5 Å². The summed E-state index contributed by atoms with van der Waals surface area (Å²) in [6, 6.07) is 25.3. The van der Waals surface area contributed by atoms with Gasteiger partial charge < -0.3 is 24.0 Å². The maximum absolute atomic E-state index is 12.9. The van der Waals surface area contributed by atoms with Crippen LogP contribution in [0, 0.1) is 0 Å². The third-order valence-electron chi connectivity index (χ3n) is 9.03. The van der Waals surface area contributed by atoms with Gasteiger partial charge >= 0.3 is 5.97 Å². The van der Waals surface area contributed by atoms with Gasteiger partial charge in [-0.2, -0.15) is 0 Å². The first-order valence-electron chi connectivity index (χ1n) is 14.9. The highest BCUT2D eigenvalue weighted by Crippen LogP contribution is 2.47. The van der Waals surface area contributed by atoms with Crippen LogP contribution in [0.25, 0.3) is 16.8 Å². The van der Waals surface area contributed by atoms with Gasteiger partial charge in [0.25, 0.3) is 0 Å². The lowest BCUT2D eigenvalue weighted by molar-refractivity contribution is 0.0599. The van der Waals surface area contributed by atoms with E-state index in [2.05, 4.69) is 64.4 Å². The fraction of sp³-hybridized carbons (Fsp3) is 0.306. The van der Waals surface area contributed by atoms with Crippen molar-refractivity contribution in [3.05, 3.63) is 101 Å². The van der Waals surface area contributed by atoms with Crippen molar-refractivity contribution < 1.29 is 19.0 Å². The molecule has 2 fully saturated rings. The van der Waals surface area contributed by atoms with Crippen LogP contribution in [-0.2, 0) is 10.3 Å². The summed E-state index contributed by atoms with van der Waals surface area (Å²) in [5.74, 6) is 0.973. The van der Waals surface area contributed by atoms with Gasteiger partial charge in [-0.1, -0.05) is 30.3 Å². The molecule has 2 saturated heterocycles. The Morgan fingerprint density at radius 1 is 0.762 bits per heavy atom. The van der Waals surface area contributed by atoms with Crippen LogP contribution in [0.4, 0.5) is 11.4 Å². The molecule has 0 saturated carbocycles. The first-order chi connectivity index (χ1) is 20.6. The molecular weight excluding hydrogens is 524 g/mol. The van der Waals surface area contributed by atoms with Gasteiger partial charge in [0.05, 0.1) is 19.8 Å². The molecule has 42 heavy (non-hydrogen) atoms. The number of methoxy groups -OCH3 is 2. The van der Waals surface area contributed by atoms with E-state index in [-0.39, 0.29) is 0 Å². The van der Waals surface area contributed by atoms with Crippen molar-refractivity contribution in [1.82, 2.24) is 0 Å². The zero-order chi connectivity index (χ0) is 28.7. The lowest BCUT2D eigenvalue weighted by atomic mass is 9.82. The van der Waals surface area contributed by atoms with E-state index in [1.54, 1.807) is 7.11 Å². The van der Waals surface area contributed by atoms with Crippen LogP contribution in [0.3, 0.4) is 0 Å². The molecular formula is C36H36N2O4. The number of esters is 1. The maximum Gasteiger partial charge on any atom is 0.338 e. The van der Waals surface area contributed by atoms with E-state index in [9.17, 15) is 4.79 Å². The lowest BCUT2D eigenvalue weighted by Gasteiger charge is -2.37. The van der Waals surface area contributed by atoms with Gasteiger partial charge in [-0.15, -0.1) is 0 Å². The average molecular weight is 561 g/mol. The number of hydrogen-bond donors (Lipinski definition) is 0. The minimum atomic E-state index is -0.898. The van der Waals surface area contributed by atoms with Crippen LogP contribution in [0.5, 0.6) is 11.5 Å². The lowest BCUT2D eigenvalue weighted by Crippen LogP contribution is -2.35. The number of carbonyl (C=O) groups is 1. The van der Waals surface area contributed by atoms with Gasteiger partial charge in [0.2, 0.25) is 0 Å². The second-order valence-electron chi connectivity index (χ2n) is 11.4. The summed E-state index contributed by atoms with van der Waals surface area (Å²) in [6.45, 7) is 4.37. The van der Waals surface area contributed by atoms with Gasteiger partial charge in [-0.3, -0.25) is 0 Å². The van der Waals surface area contributed by atoms with Crippen LogP contribution in [0.15, 0.2) is 78.9 Å². The molecule has 3 aliphatic heterocycles. The summed E-state index contributed by atoms with van der Waals surface area (Å²) in [6.07, 6.45) is 9.04. The first kappa shape index (κ1) is 26.4. The van der Waals surface area contributed by atoms with Crippen molar-refractivity contribution in [2.75, 3.05) is 50.2 Å². The predicted molar refractivity (Wildman–Crippen MR) is 168 cm³/mol. The first-order valence-corrected chi connectivity index (χ1v) is 14.9. The van der Waals surface area contributed by atoms with Gasteiger partial charge in [0, 0.05) is 59.6 Å². The second kappa shape index (κ2) is 10.8. The molecule has 0 bridgehead atoms. The SMILES string of the molecule is COC(=O)c1cc2ccc(OC)cc2c2c1C=CC(c1ccc(N3CCCC3)cc1)(c1ccc(N3CCCC3)cc1)O2. The van der Waals surface area contributed by atoms with Gasteiger partial charge in [-0.25, -0.2) is 4.79 Å². The Labute approximate surface area is 247 Å². The Bertz CT molecular complexity index is 1590. The Morgan fingerprint density at radius 2 is 1.33 bits per heavy atom. The van der Waals surface area contributed by atoms with Gasteiger partial charge in [-0.05, 0) is 85.7 Å². The molecule has 0 amide bonds. The van der Waals surface area contributed by atoms with Crippen LogP contribution >= 0.6 is 0 Å². The molecule has 214 valence electrons. The van der Waals surface area contributed by atoms with E-state index in [0.29, 0.717) is 16.9 Å². The molecule has 0 atom stereocenters. The minimum Gasteiger partial charge on any atom is -0.497 e. The summed E-state index contributed by atoms with van der Waals surface area (Å²) in [5, 5.41) is 1.76. The fourth-order valence-corrected chi connectivity index (χ4v) is 6.70. The van der Waals surface area contributed by atoms with Crippen molar-refractivity contribution in [2.45, 2.75) is 31.3 Å². The molecule has 0 aliphatic carbocycles. The molecule has 6 nitrogen and oxygen atoms in total.